The summed E-state index contributed by atoms with van der Waals surface area (Å²) >= 11 is 0. The van der Waals surface area contributed by atoms with Gasteiger partial charge in [0.1, 0.15) is 0 Å². The second-order valence-electron chi connectivity index (χ2n) is 7.48. The number of likely N-dealkylation sites (N-methyl/N-ethyl adjacent to an activating group) is 1. The van der Waals surface area contributed by atoms with Crippen molar-refractivity contribution in [2.45, 2.75) is 71.1 Å². The van der Waals surface area contributed by atoms with Gasteiger partial charge in [0, 0.05) is 5.92 Å². The lowest BCUT2D eigenvalue weighted by Crippen LogP contribution is -2.43. The summed E-state index contributed by atoms with van der Waals surface area (Å²) in [6.45, 7) is 7.19. The molecule has 0 amide bonds. The summed E-state index contributed by atoms with van der Waals surface area (Å²) in [7, 11) is 4.81. The van der Waals surface area contributed by atoms with Crippen LogP contribution in [0.15, 0.2) is 30.3 Å². The van der Waals surface area contributed by atoms with Crippen molar-refractivity contribution in [3.8, 4) is 0 Å². The average Bonchev–Trinajstić information content (AvgIpc) is 2.52. The average molecular weight is 305 g/mol. The van der Waals surface area contributed by atoms with Crippen LogP contribution >= 0.6 is 0 Å². The normalized spacial score (nSPS) is 13.3. The minimum atomic E-state index is 0.695. The summed E-state index contributed by atoms with van der Waals surface area (Å²) < 4.78 is 1.16. The number of nitrogens with zero attached hydrogens (tertiary/aromatic N) is 1. The van der Waals surface area contributed by atoms with Gasteiger partial charge in [-0.05, 0) is 24.8 Å². The van der Waals surface area contributed by atoms with E-state index in [2.05, 4.69) is 58.3 Å². The molecule has 0 saturated heterocycles. The van der Waals surface area contributed by atoms with Gasteiger partial charge in [0.25, 0.3) is 0 Å². The Morgan fingerprint density at radius 3 is 2.00 bits per heavy atom. The maximum Gasteiger partial charge on any atom is 0.0852 e. The minimum Gasteiger partial charge on any atom is -0.328 e. The predicted molar refractivity (Wildman–Crippen MR) is 99.3 cm³/mol. The molecule has 0 saturated carbocycles. The van der Waals surface area contributed by atoms with Crippen LogP contribution in [0.3, 0.4) is 0 Å². The summed E-state index contributed by atoms with van der Waals surface area (Å²) in [6, 6.07) is 11.1. The Morgan fingerprint density at radius 1 is 0.818 bits per heavy atom. The van der Waals surface area contributed by atoms with Gasteiger partial charge in [0.05, 0.1) is 27.2 Å². The molecule has 1 atom stereocenters. The maximum atomic E-state index is 2.41. The van der Waals surface area contributed by atoms with Crippen molar-refractivity contribution in [1.82, 2.24) is 0 Å². The summed E-state index contributed by atoms with van der Waals surface area (Å²) in [5.41, 5.74) is 1.51. The van der Waals surface area contributed by atoms with Gasteiger partial charge in [-0.1, -0.05) is 76.3 Å². The summed E-state index contributed by atoms with van der Waals surface area (Å²) in [6.07, 6.45) is 11.1. The first-order valence-corrected chi connectivity index (χ1v) is 9.46. The highest BCUT2D eigenvalue weighted by molar-refractivity contribution is 5.19. The van der Waals surface area contributed by atoms with Gasteiger partial charge in [0.2, 0.25) is 0 Å². The minimum absolute atomic E-state index is 0.695. The van der Waals surface area contributed by atoms with Gasteiger partial charge < -0.3 is 4.48 Å². The first-order valence-electron chi connectivity index (χ1n) is 9.46. The molecule has 0 fully saturated rings. The van der Waals surface area contributed by atoms with Gasteiger partial charge in [-0.25, -0.2) is 0 Å². The van der Waals surface area contributed by atoms with Gasteiger partial charge >= 0.3 is 0 Å². The topological polar surface area (TPSA) is 0 Å². The van der Waals surface area contributed by atoms with E-state index in [0.29, 0.717) is 5.92 Å². The molecule has 1 aromatic rings. The number of quaternary nitrogens is 1. The number of hydrogen-bond acceptors (Lipinski definition) is 0. The molecule has 0 spiro atoms. The van der Waals surface area contributed by atoms with Crippen molar-refractivity contribution in [2.75, 3.05) is 27.2 Å². The first kappa shape index (κ1) is 19.2. The monoisotopic (exact) mass is 304 g/mol. The molecule has 0 aliphatic heterocycles. The summed E-state index contributed by atoms with van der Waals surface area (Å²) in [5, 5.41) is 0. The van der Waals surface area contributed by atoms with Gasteiger partial charge in [-0.3, -0.25) is 0 Å². The van der Waals surface area contributed by atoms with Crippen LogP contribution in [-0.4, -0.2) is 31.7 Å². The van der Waals surface area contributed by atoms with Crippen molar-refractivity contribution in [2.24, 2.45) is 0 Å². The molecule has 0 N–H and O–H groups in total. The summed E-state index contributed by atoms with van der Waals surface area (Å²) in [4.78, 5) is 0. The molecule has 126 valence electrons. The second-order valence-corrected chi connectivity index (χ2v) is 7.48. The van der Waals surface area contributed by atoms with Crippen molar-refractivity contribution < 1.29 is 4.48 Å². The van der Waals surface area contributed by atoms with Crippen LogP contribution in [0, 0.1) is 0 Å². The Morgan fingerprint density at radius 2 is 1.41 bits per heavy atom. The molecule has 0 bridgehead atoms. The van der Waals surface area contributed by atoms with E-state index in [0.717, 1.165) is 4.48 Å². The van der Waals surface area contributed by atoms with Gasteiger partial charge in [-0.15, -0.1) is 0 Å². The van der Waals surface area contributed by atoms with E-state index in [1.165, 1.54) is 70.0 Å². The van der Waals surface area contributed by atoms with E-state index in [-0.39, 0.29) is 0 Å². The van der Waals surface area contributed by atoms with E-state index >= 15 is 0 Å². The van der Waals surface area contributed by atoms with E-state index < -0.39 is 0 Å². The zero-order chi connectivity index (χ0) is 16.3. The van der Waals surface area contributed by atoms with Gasteiger partial charge in [0.15, 0.2) is 0 Å². The highest BCUT2D eigenvalue weighted by Crippen LogP contribution is 2.23. The van der Waals surface area contributed by atoms with Crippen LogP contribution in [0.25, 0.3) is 0 Å². The lowest BCUT2D eigenvalue weighted by Gasteiger charge is -2.33. The SMILES string of the molecule is CCCCCCCCC[N+](C)(C)CC(CC)c1ccccc1. The fraction of sp³-hybridized carbons (Fsp3) is 0.714. The Balaban J connectivity index is 2.29. The largest absolute Gasteiger partial charge is 0.328 e. The van der Waals surface area contributed by atoms with Crippen LogP contribution < -0.4 is 0 Å². The molecular formula is C21H38N+. The predicted octanol–water partition coefficient (Wildman–Crippen LogP) is 6.01. The van der Waals surface area contributed by atoms with E-state index in [1.807, 2.05) is 0 Å². The first-order chi connectivity index (χ1) is 10.6. The zero-order valence-corrected chi connectivity index (χ0v) is 15.5. The quantitative estimate of drug-likeness (QED) is 0.328. The standard InChI is InChI=1S/C21H38N/c1-5-7-8-9-10-11-15-18-22(3,4)19-20(6-2)21-16-13-12-14-17-21/h12-14,16-17,20H,5-11,15,18-19H2,1-4H3/q+1. The van der Waals surface area contributed by atoms with Crippen LogP contribution in [0.2, 0.25) is 0 Å². The molecule has 1 nitrogen and oxygen atoms in total. The van der Waals surface area contributed by atoms with Crippen LogP contribution in [0.4, 0.5) is 0 Å². The lowest BCUT2D eigenvalue weighted by molar-refractivity contribution is -0.892. The molecule has 1 rings (SSSR count). The molecule has 1 heteroatoms. The van der Waals surface area contributed by atoms with E-state index in [1.54, 1.807) is 0 Å². The highest BCUT2D eigenvalue weighted by atomic mass is 15.3. The van der Waals surface area contributed by atoms with E-state index in [9.17, 15) is 0 Å². The van der Waals surface area contributed by atoms with Gasteiger partial charge in [-0.2, -0.15) is 0 Å². The fourth-order valence-electron chi connectivity index (χ4n) is 3.38. The van der Waals surface area contributed by atoms with Crippen LogP contribution in [0.5, 0.6) is 0 Å². The molecular weight excluding hydrogens is 266 g/mol. The van der Waals surface area contributed by atoms with E-state index in [4.69, 9.17) is 0 Å². The van der Waals surface area contributed by atoms with Crippen molar-refractivity contribution >= 4 is 0 Å². The van der Waals surface area contributed by atoms with Crippen molar-refractivity contribution in [3.63, 3.8) is 0 Å². The molecule has 1 aromatic carbocycles. The number of hydrogen-bond donors (Lipinski definition) is 0. The fourth-order valence-corrected chi connectivity index (χ4v) is 3.38. The third-order valence-corrected chi connectivity index (χ3v) is 4.85. The Labute approximate surface area is 139 Å². The number of benzene rings is 1. The summed E-state index contributed by atoms with van der Waals surface area (Å²) in [5.74, 6) is 0.695. The Kier molecular flexibility index (Phi) is 9.47. The molecule has 22 heavy (non-hydrogen) atoms. The molecule has 0 aliphatic rings. The molecule has 0 aromatic heterocycles. The second kappa shape index (κ2) is 10.8. The van der Waals surface area contributed by atoms with Crippen molar-refractivity contribution in [3.05, 3.63) is 35.9 Å². The number of rotatable bonds is 12. The molecule has 1 unspecified atom stereocenters. The molecule has 0 heterocycles. The molecule has 0 aliphatic carbocycles. The maximum absolute atomic E-state index is 2.41. The molecule has 0 radical (unpaired) electrons. The lowest BCUT2D eigenvalue weighted by atomic mass is 9.95. The van der Waals surface area contributed by atoms with Crippen molar-refractivity contribution in [1.29, 1.82) is 0 Å². The van der Waals surface area contributed by atoms with Crippen LogP contribution in [0.1, 0.15) is 76.7 Å². The smallest absolute Gasteiger partial charge is 0.0852 e. The third kappa shape index (κ3) is 7.98. The zero-order valence-electron chi connectivity index (χ0n) is 15.5. The van der Waals surface area contributed by atoms with Crippen LogP contribution in [-0.2, 0) is 0 Å². The Hall–Kier alpha value is -0.820. The Bertz CT molecular complexity index is 369. The highest BCUT2D eigenvalue weighted by Gasteiger charge is 2.21. The third-order valence-electron chi connectivity index (χ3n) is 4.85. The number of unbranched alkanes of at least 4 members (excludes halogenated alkanes) is 6.